The van der Waals surface area contributed by atoms with Crippen LogP contribution in [0.1, 0.15) is 117 Å². The van der Waals surface area contributed by atoms with E-state index >= 15 is 0 Å². The van der Waals surface area contributed by atoms with Crippen LogP contribution in [0.25, 0.3) is 0 Å². The van der Waals surface area contributed by atoms with Gasteiger partial charge in [0.05, 0.1) is 14.1 Å². The number of rotatable bonds is 19. The summed E-state index contributed by atoms with van der Waals surface area (Å²) in [6, 6.07) is 0. The quantitative estimate of drug-likeness (QED) is 0.161. The molecule has 0 aromatic heterocycles. The van der Waals surface area contributed by atoms with E-state index in [1.807, 2.05) is 6.92 Å². The third kappa shape index (κ3) is 13.1. The highest BCUT2D eigenvalue weighted by Crippen LogP contribution is 2.14. The zero-order valence-corrected chi connectivity index (χ0v) is 18.9. The molecule has 0 spiro atoms. The monoisotopic (exact) mass is 371 g/mol. The van der Waals surface area contributed by atoms with Crippen LogP contribution in [0.15, 0.2) is 0 Å². The number of aliphatic hydroxyl groups excluding tert-OH is 1. The molecule has 2 unspecified atom stereocenters. The molecule has 3 nitrogen and oxygen atoms in total. The van der Waals surface area contributed by atoms with Crippen molar-refractivity contribution in [3.8, 4) is 0 Å². The topological polar surface area (TPSA) is 32.3 Å². The predicted molar refractivity (Wildman–Crippen MR) is 116 cm³/mol. The van der Waals surface area contributed by atoms with Gasteiger partial charge in [0.1, 0.15) is 6.17 Å². The molecule has 158 valence electrons. The minimum Gasteiger partial charge on any atom is -0.345 e. The molecule has 0 aliphatic heterocycles. The van der Waals surface area contributed by atoms with E-state index < -0.39 is 0 Å². The fourth-order valence-corrected chi connectivity index (χ4v) is 3.70. The largest absolute Gasteiger partial charge is 0.345 e. The van der Waals surface area contributed by atoms with E-state index in [1.54, 1.807) is 0 Å². The molecule has 0 aromatic carbocycles. The molecular formula is C23H51N2O+. The molecule has 0 fully saturated rings. The Morgan fingerprint density at radius 2 is 1.08 bits per heavy atom. The maximum atomic E-state index is 9.94. The van der Waals surface area contributed by atoms with Gasteiger partial charge in [-0.25, -0.2) is 0 Å². The molecule has 2 atom stereocenters. The van der Waals surface area contributed by atoms with E-state index in [0.717, 1.165) is 13.0 Å². The van der Waals surface area contributed by atoms with Crippen molar-refractivity contribution < 1.29 is 9.59 Å². The van der Waals surface area contributed by atoms with Gasteiger partial charge < -0.3 is 5.11 Å². The summed E-state index contributed by atoms with van der Waals surface area (Å²) in [5.74, 6) is 0. The van der Waals surface area contributed by atoms with Gasteiger partial charge >= 0.3 is 0 Å². The number of quaternary nitrogens is 1. The lowest BCUT2D eigenvalue weighted by Gasteiger charge is -2.40. The summed E-state index contributed by atoms with van der Waals surface area (Å²) in [6.45, 7) is 7.45. The number of nitrogens with zero attached hydrogens (tertiary/aromatic N) is 1. The highest BCUT2D eigenvalue weighted by atomic mass is 16.3. The van der Waals surface area contributed by atoms with Crippen LogP contribution < -0.4 is 5.32 Å². The molecule has 3 heteroatoms. The summed E-state index contributed by atoms with van der Waals surface area (Å²) in [5.41, 5.74) is 0. The average Bonchev–Trinajstić information content (AvgIpc) is 2.61. The molecule has 0 heterocycles. The number of hydrogen-bond acceptors (Lipinski definition) is 2. The highest BCUT2D eigenvalue weighted by Gasteiger charge is 2.30. The van der Waals surface area contributed by atoms with Crippen LogP contribution in [0.2, 0.25) is 0 Å². The van der Waals surface area contributed by atoms with Gasteiger partial charge in [0.15, 0.2) is 6.23 Å². The Bertz CT molecular complexity index is 292. The van der Waals surface area contributed by atoms with Crippen LogP contribution >= 0.6 is 0 Å². The molecule has 0 amide bonds. The maximum Gasteiger partial charge on any atom is 0.188 e. The van der Waals surface area contributed by atoms with Gasteiger partial charge in [-0.1, -0.05) is 97.3 Å². The van der Waals surface area contributed by atoms with Gasteiger partial charge in [0.25, 0.3) is 0 Å². The standard InChI is InChI=1S/C23H51N2O/c1-6-8-9-10-11-12-13-14-15-16-17-18-19-20-21-24-23(7-2)25(4,5)22(3)26/h22-24,26H,6-21H2,1-5H3/q+1. The van der Waals surface area contributed by atoms with Crippen LogP contribution in [0.4, 0.5) is 0 Å². The Morgan fingerprint density at radius 3 is 1.42 bits per heavy atom. The second-order valence-electron chi connectivity index (χ2n) is 8.74. The van der Waals surface area contributed by atoms with Crippen molar-refractivity contribution in [3.63, 3.8) is 0 Å². The first-order chi connectivity index (χ1) is 12.5. The molecular weight excluding hydrogens is 320 g/mol. The Hall–Kier alpha value is -0.120. The summed E-state index contributed by atoms with van der Waals surface area (Å²) in [7, 11) is 4.22. The maximum absolute atomic E-state index is 9.94. The van der Waals surface area contributed by atoms with Gasteiger partial charge in [-0.15, -0.1) is 0 Å². The SMILES string of the molecule is CCCCCCCCCCCCCCCCNC(CC)[N+](C)(C)C(C)O. The lowest BCUT2D eigenvalue weighted by molar-refractivity contribution is -0.960. The minimum atomic E-state index is -0.330. The van der Waals surface area contributed by atoms with Gasteiger partial charge in [0.2, 0.25) is 0 Å². The van der Waals surface area contributed by atoms with Crippen LogP contribution in [-0.4, -0.2) is 42.6 Å². The molecule has 0 saturated carbocycles. The second kappa shape index (κ2) is 17.0. The third-order valence-corrected chi connectivity index (χ3v) is 6.06. The van der Waals surface area contributed by atoms with Crippen molar-refractivity contribution in [1.82, 2.24) is 5.32 Å². The van der Waals surface area contributed by atoms with Crippen LogP contribution in [0.3, 0.4) is 0 Å². The van der Waals surface area contributed by atoms with E-state index in [9.17, 15) is 5.11 Å². The summed E-state index contributed by atoms with van der Waals surface area (Å²) in [6.07, 6.45) is 20.8. The number of hydrogen-bond donors (Lipinski definition) is 2. The molecule has 26 heavy (non-hydrogen) atoms. The van der Waals surface area contributed by atoms with Gasteiger partial charge in [-0.3, -0.25) is 9.80 Å². The summed E-state index contributed by atoms with van der Waals surface area (Å²) < 4.78 is 0.634. The first-order valence-electron chi connectivity index (χ1n) is 11.7. The van der Waals surface area contributed by atoms with Crippen molar-refractivity contribution in [2.24, 2.45) is 0 Å². The van der Waals surface area contributed by atoms with Crippen LogP contribution in [-0.2, 0) is 0 Å². The fourth-order valence-electron chi connectivity index (χ4n) is 3.70. The minimum absolute atomic E-state index is 0.330. The zero-order valence-electron chi connectivity index (χ0n) is 18.9. The lowest BCUT2D eigenvalue weighted by Crippen LogP contribution is -2.60. The smallest absolute Gasteiger partial charge is 0.188 e. The first-order valence-corrected chi connectivity index (χ1v) is 11.7. The highest BCUT2D eigenvalue weighted by molar-refractivity contribution is 4.56. The summed E-state index contributed by atoms with van der Waals surface area (Å²) in [5, 5.41) is 13.6. The Kier molecular flexibility index (Phi) is 16.9. The second-order valence-corrected chi connectivity index (χ2v) is 8.74. The Morgan fingerprint density at radius 1 is 0.692 bits per heavy atom. The van der Waals surface area contributed by atoms with Crippen molar-refractivity contribution >= 4 is 0 Å². The molecule has 0 bridgehead atoms. The van der Waals surface area contributed by atoms with E-state index in [0.29, 0.717) is 10.6 Å². The van der Waals surface area contributed by atoms with Crippen LogP contribution in [0.5, 0.6) is 0 Å². The van der Waals surface area contributed by atoms with Gasteiger partial charge in [-0.05, 0) is 6.42 Å². The van der Waals surface area contributed by atoms with Crippen molar-refractivity contribution in [2.45, 2.75) is 129 Å². The van der Waals surface area contributed by atoms with Crippen molar-refractivity contribution in [3.05, 3.63) is 0 Å². The van der Waals surface area contributed by atoms with E-state index in [1.165, 1.54) is 89.9 Å². The van der Waals surface area contributed by atoms with E-state index in [-0.39, 0.29) is 6.23 Å². The lowest BCUT2D eigenvalue weighted by atomic mass is 10.0. The molecule has 0 saturated heterocycles. The zero-order chi connectivity index (χ0) is 19.7. The molecule has 2 N–H and O–H groups in total. The number of unbranched alkanes of at least 4 members (excludes halogenated alkanes) is 13. The van der Waals surface area contributed by atoms with Crippen molar-refractivity contribution in [2.75, 3.05) is 20.6 Å². The number of aliphatic hydroxyl groups is 1. The van der Waals surface area contributed by atoms with Crippen LogP contribution in [0, 0.1) is 0 Å². The van der Waals surface area contributed by atoms with Gasteiger partial charge in [-0.2, -0.15) is 0 Å². The molecule has 0 radical (unpaired) electrons. The Labute approximate surface area is 165 Å². The first kappa shape index (κ1) is 25.9. The fraction of sp³-hybridized carbons (Fsp3) is 1.00. The van der Waals surface area contributed by atoms with Crippen molar-refractivity contribution in [1.29, 1.82) is 0 Å². The predicted octanol–water partition coefficient (Wildman–Crippen LogP) is 6.21. The van der Waals surface area contributed by atoms with E-state index in [2.05, 4.69) is 33.3 Å². The number of nitrogens with one attached hydrogen (secondary N) is 1. The molecule has 0 rings (SSSR count). The summed E-state index contributed by atoms with van der Waals surface area (Å²) in [4.78, 5) is 0. The van der Waals surface area contributed by atoms with Gasteiger partial charge in [0, 0.05) is 19.9 Å². The normalized spacial score (nSPS) is 14.5. The Balaban J connectivity index is 3.38. The molecule has 0 aromatic rings. The summed E-state index contributed by atoms with van der Waals surface area (Å²) >= 11 is 0. The average molecular weight is 372 g/mol. The van der Waals surface area contributed by atoms with E-state index in [4.69, 9.17) is 0 Å². The molecule has 0 aliphatic carbocycles. The third-order valence-electron chi connectivity index (χ3n) is 6.06. The molecule has 0 aliphatic rings.